The van der Waals surface area contributed by atoms with Gasteiger partial charge in [-0.25, -0.2) is 9.59 Å². The van der Waals surface area contributed by atoms with E-state index in [1.54, 1.807) is 32.0 Å². The fraction of sp³-hybridized carbons (Fsp3) is 0.333. The number of carbonyl (C=O) groups excluding carboxylic acids is 2. The van der Waals surface area contributed by atoms with Gasteiger partial charge in [-0.1, -0.05) is 12.1 Å². The van der Waals surface area contributed by atoms with Gasteiger partial charge in [0.2, 0.25) is 0 Å². The summed E-state index contributed by atoms with van der Waals surface area (Å²) in [5.41, 5.74) is 7.77. The number of ether oxygens (including phenoxy) is 4. The monoisotopic (exact) mass is 404 g/mol. The standard InChI is InChI=1S/C18H20N4O7/c1-9-15(27-17(23)25-3)13(11-5-4-6-12-14(11)21-22-29-12)16(10(2)20-9)28-18(24)26-8-7-19/h4-6,13,20H,7-8,19H2,1-3H3. The molecule has 3 N–H and O–H groups in total. The van der Waals surface area contributed by atoms with Crippen LogP contribution < -0.4 is 11.1 Å². The van der Waals surface area contributed by atoms with E-state index in [1.807, 2.05) is 0 Å². The Morgan fingerprint density at radius 1 is 1.17 bits per heavy atom. The SMILES string of the molecule is COC(=O)OC1=C(C)NC(C)=C(OC(=O)OCCN)C1c1cccc2onnc12. The van der Waals surface area contributed by atoms with Crippen LogP contribution in [-0.4, -0.2) is 42.9 Å². The molecule has 1 aromatic carbocycles. The van der Waals surface area contributed by atoms with Crippen molar-refractivity contribution >= 4 is 23.4 Å². The summed E-state index contributed by atoms with van der Waals surface area (Å²) >= 11 is 0. The van der Waals surface area contributed by atoms with E-state index < -0.39 is 18.2 Å². The Balaban J connectivity index is 2.10. The van der Waals surface area contributed by atoms with Gasteiger partial charge >= 0.3 is 12.3 Å². The predicted molar refractivity (Wildman–Crippen MR) is 98.1 cm³/mol. The minimum atomic E-state index is -0.945. The van der Waals surface area contributed by atoms with E-state index in [4.69, 9.17) is 24.5 Å². The van der Waals surface area contributed by atoms with E-state index in [0.29, 0.717) is 28.1 Å². The Morgan fingerprint density at radius 3 is 2.52 bits per heavy atom. The molecule has 0 spiro atoms. The van der Waals surface area contributed by atoms with Crippen LogP contribution in [0.1, 0.15) is 25.3 Å². The number of fused-ring (bicyclic) bond motifs is 1. The summed E-state index contributed by atoms with van der Waals surface area (Å²) in [6.45, 7) is 3.55. The largest absolute Gasteiger partial charge is 0.513 e. The van der Waals surface area contributed by atoms with Crippen molar-refractivity contribution in [2.45, 2.75) is 19.8 Å². The minimum absolute atomic E-state index is 0.00751. The van der Waals surface area contributed by atoms with Gasteiger partial charge in [-0.15, -0.1) is 5.10 Å². The number of methoxy groups -OCH3 is 1. The van der Waals surface area contributed by atoms with Crippen LogP contribution in [0.25, 0.3) is 11.1 Å². The van der Waals surface area contributed by atoms with Crippen molar-refractivity contribution in [2.75, 3.05) is 20.3 Å². The Bertz CT molecular complexity index is 995. The van der Waals surface area contributed by atoms with Crippen LogP contribution >= 0.6 is 0 Å². The van der Waals surface area contributed by atoms with Gasteiger partial charge in [0.25, 0.3) is 0 Å². The smallest absolute Gasteiger partial charge is 0.437 e. The second kappa shape index (κ2) is 8.61. The molecule has 1 aliphatic heterocycles. The van der Waals surface area contributed by atoms with E-state index in [1.165, 1.54) is 7.11 Å². The third-order valence-electron chi connectivity index (χ3n) is 4.15. The van der Waals surface area contributed by atoms with E-state index >= 15 is 0 Å². The third-order valence-corrected chi connectivity index (χ3v) is 4.15. The number of allylic oxidation sites excluding steroid dienone is 2. The van der Waals surface area contributed by atoms with Gasteiger partial charge < -0.3 is 34.5 Å². The number of hydrogen-bond donors (Lipinski definition) is 2. The molecule has 1 atom stereocenters. The van der Waals surface area contributed by atoms with Crippen molar-refractivity contribution in [2.24, 2.45) is 5.73 Å². The number of nitrogens with two attached hydrogens (primary N) is 1. The summed E-state index contributed by atoms with van der Waals surface area (Å²) in [5.74, 6) is -0.497. The number of aromatic nitrogens is 2. The third kappa shape index (κ3) is 4.14. The molecule has 1 aromatic heterocycles. The van der Waals surface area contributed by atoms with Crippen LogP contribution in [0.2, 0.25) is 0 Å². The summed E-state index contributed by atoms with van der Waals surface area (Å²) < 4.78 is 25.5. The summed E-state index contributed by atoms with van der Waals surface area (Å²) in [4.78, 5) is 24.0. The van der Waals surface area contributed by atoms with Crippen LogP contribution in [0.4, 0.5) is 9.59 Å². The first kappa shape index (κ1) is 20.1. The van der Waals surface area contributed by atoms with Crippen LogP contribution in [0, 0.1) is 0 Å². The van der Waals surface area contributed by atoms with Gasteiger partial charge in [0.05, 0.1) is 18.5 Å². The topological polar surface area (TPSA) is 148 Å². The number of nitrogens with one attached hydrogen (secondary N) is 1. The van der Waals surface area contributed by atoms with Gasteiger partial charge in [0, 0.05) is 17.4 Å². The number of hydrogen-bond acceptors (Lipinski definition) is 11. The second-order valence-electron chi connectivity index (χ2n) is 6.05. The van der Waals surface area contributed by atoms with Crippen molar-refractivity contribution in [3.63, 3.8) is 0 Å². The number of dihydropyridines is 1. The fourth-order valence-corrected chi connectivity index (χ4v) is 2.96. The van der Waals surface area contributed by atoms with Crippen LogP contribution in [0.5, 0.6) is 0 Å². The van der Waals surface area contributed by atoms with E-state index in [9.17, 15) is 9.59 Å². The highest BCUT2D eigenvalue weighted by Gasteiger charge is 2.37. The predicted octanol–water partition coefficient (Wildman–Crippen LogP) is 2.27. The maximum atomic E-state index is 12.1. The first-order valence-electron chi connectivity index (χ1n) is 8.66. The molecular weight excluding hydrogens is 384 g/mol. The Morgan fingerprint density at radius 2 is 1.86 bits per heavy atom. The zero-order valence-electron chi connectivity index (χ0n) is 16.1. The Kier molecular flexibility index (Phi) is 5.98. The Labute approximate surface area is 165 Å². The summed E-state index contributed by atoms with van der Waals surface area (Å²) in [6.07, 6.45) is -1.87. The highest BCUT2D eigenvalue weighted by atomic mass is 16.7. The number of nitrogens with zero attached hydrogens (tertiary/aromatic N) is 2. The lowest BCUT2D eigenvalue weighted by Crippen LogP contribution is -2.29. The zero-order valence-corrected chi connectivity index (χ0v) is 16.1. The molecule has 1 unspecified atom stereocenters. The average Bonchev–Trinajstić information content (AvgIpc) is 3.19. The maximum Gasteiger partial charge on any atom is 0.513 e. The van der Waals surface area contributed by atoms with Crippen molar-refractivity contribution < 1.29 is 33.1 Å². The fourth-order valence-electron chi connectivity index (χ4n) is 2.96. The maximum absolute atomic E-state index is 12.1. The van der Waals surface area contributed by atoms with Crippen molar-refractivity contribution in [1.82, 2.24) is 15.7 Å². The normalized spacial score (nSPS) is 16.5. The molecule has 1 aliphatic rings. The van der Waals surface area contributed by atoms with Crippen molar-refractivity contribution in [3.05, 3.63) is 46.7 Å². The molecule has 11 nitrogen and oxygen atoms in total. The molecule has 2 aromatic rings. The minimum Gasteiger partial charge on any atom is -0.437 e. The highest BCUT2D eigenvalue weighted by molar-refractivity contribution is 5.78. The molecule has 2 heterocycles. The lowest BCUT2D eigenvalue weighted by Gasteiger charge is -2.30. The van der Waals surface area contributed by atoms with E-state index in [2.05, 4.69) is 20.4 Å². The second-order valence-corrected chi connectivity index (χ2v) is 6.05. The molecule has 0 fully saturated rings. The average molecular weight is 404 g/mol. The molecule has 3 rings (SSSR count). The van der Waals surface area contributed by atoms with Gasteiger partial charge in [0.15, 0.2) is 5.58 Å². The number of benzene rings is 1. The molecule has 0 saturated heterocycles. The zero-order chi connectivity index (χ0) is 21.0. The van der Waals surface area contributed by atoms with Gasteiger partial charge in [0.1, 0.15) is 29.6 Å². The van der Waals surface area contributed by atoms with Gasteiger partial charge in [-0.3, -0.25) is 0 Å². The molecule has 29 heavy (non-hydrogen) atoms. The number of carbonyl (C=O) groups is 2. The molecule has 0 aliphatic carbocycles. The molecule has 11 heteroatoms. The molecule has 0 saturated carbocycles. The highest BCUT2D eigenvalue weighted by Crippen LogP contribution is 2.41. The summed E-state index contributed by atoms with van der Waals surface area (Å²) in [7, 11) is 1.19. The Hall–Kier alpha value is -3.60. The lowest BCUT2D eigenvalue weighted by molar-refractivity contribution is 0.0683. The molecule has 0 radical (unpaired) electrons. The van der Waals surface area contributed by atoms with Crippen LogP contribution in [0.15, 0.2) is 45.6 Å². The first-order valence-corrected chi connectivity index (χ1v) is 8.66. The van der Waals surface area contributed by atoms with Gasteiger partial charge in [-0.05, 0) is 19.9 Å². The van der Waals surface area contributed by atoms with Crippen molar-refractivity contribution in [3.8, 4) is 0 Å². The molecular formula is C18H20N4O7. The molecule has 0 bridgehead atoms. The van der Waals surface area contributed by atoms with Gasteiger partial charge in [-0.2, -0.15) is 0 Å². The van der Waals surface area contributed by atoms with Crippen LogP contribution in [-0.2, 0) is 18.9 Å². The quantitative estimate of drug-likeness (QED) is 0.707. The molecule has 154 valence electrons. The lowest BCUT2D eigenvalue weighted by atomic mass is 9.89. The number of rotatable bonds is 5. The van der Waals surface area contributed by atoms with Crippen molar-refractivity contribution in [1.29, 1.82) is 0 Å². The summed E-state index contributed by atoms with van der Waals surface area (Å²) in [6, 6.07) is 5.14. The van der Waals surface area contributed by atoms with E-state index in [-0.39, 0.29) is 24.7 Å². The molecule has 0 amide bonds. The first-order chi connectivity index (χ1) is 14.0. The summed E-state index contributed by atoms with van der Waals surface area (Å²) in [5, 5.41) is 10.6. The van der Waals surface area contributed by atoms with Crippen LogP contribution in [0.3, 0.4) is 0 Å². The van der Waals surface area contributed by atoms with E-state index in [0.717, 1.165) is 0 Å².